The van der Waals surface area contributed by atoms with Crippen LogP contribution in [0, 0.1) is 11.6 Å². The zero-order valence-corrected chi connectivity index (χ0v) is 19.1. The Morgan fingerprint density at radius 2 is 1.71 bits per heavy atom. The molecule has 0 aromatic heterocycles. The number of ether oxygens (including phenoxy) is 2. The van der Waals surface area contributed by atoms with E-state index in [1.54, 1.807) is 12.1 Å². The van der Waals surface area contributed by atoms with Crippen molar-refractivity contribution in [3.05, 3.63) is 57.6 Å². The topological polar surface area (TPSA) is 93.7 Å². The molecule has 7 nitrogen and oxygen atoms in total. The van der Waals surface area contributed by atoms with E-state index in [4.69, 9.17) is 32.7 Å². The van der Waals surface area contributed by atoms with Crippen LogP contribution in [0.2, 0.25) is 10.0 Å². The Bertz CT molecular complexity index is 1220. The SMILES string of the molecule is O=C(COc1ccc(Cl)c(Cl)c1)NC12CC(NC(=O)C3CC(=O)c4cc(F)c(F)cc4O3)(C1)C2. The fourth-order valence-corrected chi connectivity index (χ4v) is 5.19. The average molecular weight is 511 g/mol. The number of amides is 2. The number of halogens is 4. The van der Waals surface area contributed by atoms with E-state index >= 15 is 0 Å². The molecule has 4 aliphatic rings. The molecule has 34 heavy (non-hydrogen) atoms. The highest BCUT2D eigenvalue weighted by Gasteiger charge is 2.69. The number of hydrogen-bond acceptors (Lipinski definition) is 5. The number of fused-ring (bicyclic) bond motifs is 1. The van der Waals surface area contributed by atoms with Crippen molar-refractivity contribution in [2.45, 2.75) is 42.9 Å². The number of carbonyl (C=O) groups excluding carboxylic acids is 3. The molecule has 11 heteroatoms. The minimum absolute atomic E-state index is 0.0850. The van der Waals surface area contributed by atoms with Gasteiger partial charge in [0.05, 0.1) is 22.0 Å². The number of hydrogen-bond donors (Lipinski definition) is 2. The number of benzene rings is 2. The summed E-state index contributed by atoms with van der Waals surface area (Å²) in [4.78, 5) is 37.2. The van der Waals surface area contributed by atoms with Crippen LogP contribution in [0.3, 0.4) is 0 Å². The van der Waals surface area contributed by atoms with Crippen LogP contribution in [-0.2, 0) is 9.59 Å². The minimum Gasteiger partial charge on any atom is -0.484 e. The first kappa shape index (κ1) is 22.9. The van der Waals surface area contributed by atoms with Crippen molar-refractivity contribution in [1.82, 2.24) is 10.6 Å². The minimum atomic E-state index is -1.16. The van der Waals surface area contributed by atoms with Gasteiger partial charge in [-0.2, -0.15) is 0 Å². The molecule has 6 rings (SSSR count). The number of rotatable bonds is 6. The number of nitrogens with one attached hydrogen (secondary N) is 2. The van der Waals surface area contributed by atoms with Crippen LogP contribution in [0.4, 0.5) is 8.78 Å². The first-order valence-corrected chi connectivity index (χ1v) is 11.2. The van der Waals surface area contributed by atoms with E-state index in [1.165, 1.54) is 6.07 Å². The van der Waals surface area contributed by atoms with Gasteiger partial charge in [-0.1, -0.05) is 23.2 Å². The summed E-state index contributed by atoms with van der Waals surface area (Å²) in [7, 11) is 0. The van der Waals surface area contributed by atoms with Gasteiger partial charge >= 0.3 is 0 Å². The lowest BCUT2D eigenvalue weighted by Crippen LogP contribution is -2.84. The lowest BCUT2D eigenvalue weighted by Gasteiger charge is -2.70. The fraction of sp³-hybridized carbons (Fsp3) is 0.348. The zero-order valence-electron chi connectivity index (χ0n) is 17.6. The highest BCUT2D eigenvalue weighted by molar-refractivity contribution is 6.42. The van der Waals surface area contributed by atoms with Crippen molar-refractivity contribution in [2.75, 3.05) is 6.61 Å². The molecule has 0 saturated heterocycles. The summed E-state index contributed by atoms with van der Waals surface area (Å²) in [6.07, 6.45) is 0.182. The Morgan fingerprint density at radius 3 is 2.41 bits per heavy atom. The van der Waals surface area contributed by atoms with Gasteiger partial charge in [-0.3, -0.25) is 14.4 Å². The Morgan fingerprint density at radius 1 is 1.03 bits per heavy atom. The second kappa shape index (κ2) is 8.09. The molecule has 2 bridgehead atoms. The molecule has 1 atom stereocenters. The van der Waals surface area contributed by atoms with E-state index in [0.29, 0.717) is 35.1 Å². The van der Waals surface area contributed by atoms with Gasteiger partial charge in [0.1, 0.15) is 11.5 Å². The van der Waals surface area contributed by atoms with Crippen molar-refractivity contribution in [3.63, 3.8) is 0 Å². The van der Waals surface area contributed by atoms with Gasteiger partial charge in [0.2, 0.25) is 0 Å². The molecule has 0 radical (unpaired) electrons. The van der Waals surface area contributed by atoms with Gasteiger partial charge in [0.25, 0.3) is 11.8 Å². The van der Waals surface area contributed by atoms with E-state index in [1.807, 2.05) is 0 Å². The van der Waals surface area contributed by atoms with Crippen molar-refractivity contribution < 1.29 is 32.6 Å². The molecule has 2 aromatic carbocycles. The zero-order chi connectivity index (χ0) is 24.3. The third kappa shape index (κ3) is 4.07. The molecule has 2 aromatic rings. The third-order valence-electron chi connectivity index (χ3n) is 6.34. The summed E-state index contributed by atoms with van der Waals surface area (Å²) >= 11 is 11.8. The van der Waals surface area contributed by atoms with E-state index in [9.17, 15) is 23.2 Å². The summed E-state index contributed by atoms with van der Waals surface area (Å²) in [6, 6.07) is 6.24. The molecule has 1 aliphatic heterocycles. The summed E-state index contributed by atoms with van der Waals surface area (Å²) in [5.41, 5.74) is -0.990. The summed E-state index contributed by atoms with van der Waals surface area (Å²) in [6.45, 7) is -0.201. The molecule has 2 N–H and O–H groups in total. The van der Waals surface area contributed by atoms with Gasteiger partial charge in [0.15, 0.2) is 30.1 Å². The van der Waals surface area contributed by atoms with Crippen molar-refractivity contribution >= 4 is 40.8 Å². The summed E-state index contributed by atoms with van der Waals surface area (Å²) < 4.78 is 37.8. The molecule has 1 heterocycles. The van der Waals surface area contributed by atoms with Gasteiger partial charge < -0.3 is 20.1 Å². The lowest BCUT2D eigenvalue weighted by atomic mass is 9.44. The highest BCUT2D eigenvalue weighted by Crippen LogP contribution is 2.60. The fourth-order valence-electron chi connectivity index (χ4n) is 4.91. The van der Waals surface area contributed by atoms with Crippen LogP contribution in [0.5, 0.6) is 11.5 Å². The predicted octanol–water partition coefficient (Wildman–Crippen LogP) is 3.59. The largest absolute Gasteiger partial charge is 0.484 e. The molecule has 3 aliphatic carbocycles. The van der Waals surface area contributed by atoms with Crippen LogP contribution in [0.1, 0.15) is 36.0 Å². The van der Waals surface area contributed by atoms with Gasteiger partial charge in [-0.05, 0) is 37.5 Å². The van der Waals surface area contributed by atoms with Crippen LogP contribution in [0.15, 0.2) is 30.3 Å². The van der Waals surface area contributed by atoms with Crippen molar-refractivity contribution in [1.29, 1.82) is 0 Å². The van der Waals surface area contributed by atoms with Crippen LogP contribution in [0.25, 0.3) is 0 Å². The Labute approximate surface area is 202 Å². The van der Waals surface area contributed by atoms with Crippen molar-refractivity contribution in [3.8, 4) is 11.5 Å². The molecular weight excluding hydrogens is 493 g/mol. The predicted molar refractivity (Wildman–Crippen MR) is 117 cm³/mol. The molecule has 3 fully saturated rings. The standard InChI is InChI=1S/C23H18Cl2F2N2O5/c24-13-2-1-11(3-14(13)25)33-7-20(31)28-22-8-23(9-22,10-22)29-21(32)19-6-17(30)12-4-15(26)16(27)5-18(12)34-19/h1-5,19H,6-10H2,(H,28,31)(H,29,32). The van der Waals surface area contributed by atoms with E-state index in [0.717, 1.165) is 12.1 Å². The molecule has 2 amide bonds. The summed E-state index contributed by atoms with van der Waals surface area (Å²) in [5.74, 6) is -3.36. The summed E-state index contributed by atoms with van der Waals surface area (Å²) in [5, 5.41) is 6.51. The second-order valence-electron chi connectivity index (χ2n) is 8.99. The van der Waals surface area contributed by atoms with Gasteiger partial charge in [-0.15, -0.1) is 0 Å². The van der Waals surface area contributed by atoms with E-state index in [-0.39, 0.29) is 30.2 Å². The normalized spacial score (nSPS) is 26.4. The maximum absolute atomic E-state index is 13.5. The molecule has 178 valence electrons. The number of ketones is 1. The van der Waals surface area contributed by atoms with E-state index in [2.05, 4.69) is 10.6 Å². The Hall–Kier alpha value is -2.91. The Kier molecular flexibility index (Phi) is 5.44. The van der Waals surface area contributed by atoms with Gasteiger partial charge in [-0.25, -0.2) is 8.78 Å². The van der Waals surface area contributed by atoms with Crippen LogP contribution in [-0.4, -0.2) is 41.4 Å². The number of carbonyl (C=O) groups is 3. The quantitative estimate of drug-likeness (QED) is 0.619. The first-order chi connectivity index (χ1) is 16.1. The smallest absolute Gasteiger partial charge is 0.261 e. The third-order valence-corrected chi connectivity index (χ3v) is 7.08. The van der Waals surface area contributed by atoms with Gasteiger partial charge in [0, 0.05) is 23.2 Å². The molecule has 0 spiro atoms. The maximum Gasteiger partial charge on any atom is 0.261 e. The molecule has 1 unspecified atom stereocenters. The van der Waals surface area contributed by atoms with Crippen LogP contribution >= 0.6 is 23.2 Å². The first-order valence-electron chi connectivity index (χ1n) is 10.5. The second-order valence-corrected chi connectivity index (χ2v) is 9.80. The average Bonchev–Trinajstić information content (AvgIpc) is 2.73. The Balaban J connectivity index is 1.11. The van der Waals surface area contributed by atoms with Crippen LogP contribution < -0.4 is 20.1 Å². The maximum atomic E-state index is 13.5. The molecular formula is C23H18Cl2F2N2O5. The monoisotopic (exact) mass is 510 g/mol. The molecule has 3 saturated carbocycles. The highest BCUT2D eigenvalue weighted by atomic mass is 35.5. The van der Waals surface area contributed by atoms with Crippen molar-refractivity contribution in [2.24, 2.45) is 0 Å². The number of Topliss-reactive ketones (excluding diaryl/α,β-unsaturated/α-hetero) is 1. The lowest BCUT2D eigenvalue weighted by molar-refractivity contribution is -0.154. The van der Waals surface area contributed by atoms with E-state index < -0.39 is 40.5 Å².